The molecule has 1 amide bonds. The highest BCUT2D eigenvalue weighted by atomic mass is 16.7. The van der Waals surface area contributed by atoms with E-state index >= 15 is 0 Å². The van der Waals surface area contributed by atoms with Gasteiger partial charge in [0.25, 0.3) is 0 Å². The predicted octanol–water partition coefficient (Wildman–Crippen LogP) is 13.5. The van der Waals surface area contributed by atoms with Crippen molar-refractivity contribution in [3.8, 4) is 0 Å². The number of carbonyl (C=O) groups excluding carboxylic acids is 1. The minimum atomic E-state index is -1.67. The Bertz CT molecular complexity index is 1280. The number of unbranched alkanes of at least 4 members (excludes halogenated alkanes) is 35. The monoisotopic (exact) mass is 1040 g/mol. The van der Waals surface area contributed by atoms with E-state index in [0.29, 0.717) is 12.8 Å². The zero-order valence-corrected chi connectivity index (χ0v) is 47.1. The molecule has 0 aliphatic carbocycles. The smallest absolute Gasteiger partial charge is 0.249 e. The normalized spacial score (nSPS) is 20.2. The van der Waals surface area contributed by atoms with Crippen molar-refractivity contribution < 1.29 is 50.0 Å². The van der Waals surface area contributed by atoms with E-state index in [1.807, 2.05) is 0 Å². The fraction of sp³-hybridized carbons (Fsp3) is 0.887. The van der Waals surface area contributed by atoms with Gasteiger partial charge in [-0.3, -0.25) is 4.79 Å². The molecule has 8 N–H and O–H groups in total. The molecule has 9 unspecified atom stereocenters. The molecule has 1 fully saturated rings. The van der Waals surface area contributed by atoms with Crippen LogP contribution in [0.1, 0.15) is 284 Å². The van der Waals surface area contributed by atoms with Gasteiger partial charge in [-0.05, 0) is 64.2 Å². The minimum absolute atomic E-state index is 0.253. The van der Waals surface area contributed by atoms with Crippen molar-refractivity contribution in [1.82, 2.24) is 5.32 Å². The van der Waals surface area contributed by atoms with Crippen molar-refractivity contribution in [3.63, 3.8) is 0 Å². The van der Waals surface area contributed by atoms with Crippen LogP contribution in [-0.2, 0) is 14.3 Å². The molecule has 0 spiro atoms. The third-order valence-electron chi connectivity index (χ3n) is 14.9. The van der Waals surface area contributed by atoms with Crippen molar-refractivity contribution in [2.75, 3.05) is 13.2 Å². The minimum Gasteiger partial charge on any atom is -0.394 e. The molecule has 1 saturated heterocycles. The third-order valence-corrected chi connectivity index (χ3v) is 14.9. The van der Waals surface area contributed by atoms with Crippen LogP contribution in [-0.4, -0.2) is 110 Å². The molecule has 1 rings (SSSR count). The molecule has 0 aromatic carbocycles. The number of nitrogens with one attached hydrogen (secondary N) is 1. The Hall–Kier alpha value is -1.67. The molecule has 11 nitrogen and oxygen atoms in total. The first-order chi connectivity index (χ1) is 35.7. The highest BCUT2D eigenvalue weighted by Crippen LogP contribution is 2.23. The lowest BCUT2D eigenvalue weighted by Gasteiger charge is -2.40. The highest BCUT2D eigenvalue weighted by Gasteiger charge is 2.44. The lowest BCUT2D eigenvalue weighted by molar-refractivity contribution is -0.303. The maximum atomic E-state index is 13.2. The topological polar surface area (TPSA) is 189 Å². The van der Waals surface area contributed by atoms with E-state index in [9.17, 15) is 40.5 Å². The zero-order chi connectivity index (χ0) is 53.3. The van der Waals surface area contributed by atoms with Crippen LogP contribution in [0.5, 0.6) is 0 Å². The zero-order valence-electron chi connectivity index (χ0n) is 47.1. The average Bonchev–Trinajstić information content (AvgIpc) is 3.39. The maximum absolute atomic E-state index is 13.2. The summed E-state index contributed by atoms with van der Waals surface area (Å²) in [4.78, 5) is 13.2. The number of allylic oxidation sites excluding steroid dienone is 6. The van der Waals surface area contributed by atoms with Gasteiger partial charge in [0.2, 0.25) is 5.91 Å². The van der Waals surface area contributed by atoms with Crippen LogP contribution in [0, 0.1) is 0 Å². The van der Waals surface area contributed by atoms with Crippen LogP contribution in [0.15, 0.2) is 36.5 Å². The first-order valence-corrected chi connectivity index (χ1v) is 30.9. The second-order valence-electron chi connectivity index (χ2n) is 21.7. The summed E-state index contributed by atoms with van der Waals surface area (Å²) in [7, 11) is 0. The summed E-state index contributed by atoms with van der Waals surface area (Å²) in [6.07, 6.45) is 52.1. The number of aliphatic hydroxyl groups is 7. The lowest BCUT2D eigenvalue weighted by atomic mass is 9.98. The standard InChI is InChI=1S/C62H117NO10/c1-3-5-7-9-11-13-15-17-19-21-23-25-26-27-28-29-30-32-33-35-37-39-41-43-45-47-49-54(65)57(67)53(52-72-62-60(70)59(69)58(68)56(51-64)73-62)63-61(71)55(66)50-48-46-44-42-40-38-36-34-31-24-22-20-18-16-14-12-10-8-6-4-2/h6,8,12,14,41,43,53-60,62,64-70H,3-5,7,9-11,13,15-40,42,44-52H2,1-2H3,(H,63,71)/b8-6-,14-12-,43-41+. The Balaban J connectivity index is 2.28. The summed E-state index contributed by atoms with van der Waals surface area (Å²) in [5.74, 6) is -0.705. The van der Waals surface area contributed by atoms with E-state index in [-0.39, 0.29) is 12.8 Å². The molecule has 73 heavy (non-hydrogen) atoms. The number of ether oxygens (including phenoxy) is 2. The SMILES string of the molecule is CC/C=C\C/C=C\CCCCCCCCCCCCCCCC(O)C(=O)NC(COC1OC(CO)C(O)C(O)C1O)C(O)C(O)CCC/C=C/CCCCCCCCCCCCCCCCCCCCCCC. The lowest BCUT2D eigenvalue weighted by Crippen LogP contribution is -2.60. The number of rotatable bonds is 53. The van der Waals surface area contributed by atoms with Crippen LogP contribution in [0.3, 0.4) is 0 Å². The van der Waals surface area contributed by atoms with Crippen LogP contribution >= 0.6 is 0 Å². The summed E-state index contributed by atoms with van der Waals surface area (Å²) in [6.45, 7) is 3.37. The van der Waals surface area contributed by atoms with E-state index in [4.69, 9.17) is 9.47 Å². The van der Waals surface area contributed by atoms with Gasteiger partial charge in [-0.25, -0.2) is 0 Å². The van der Waals surface area contributed by atoms with Crippen LogP contribution in [0.25, 0.3) is 0 Å². The first kappa shape index (κ1) is 69.3. The maximum Gasteiger partial charge on any atom is 0.249 e. The molecular weight excluding hydrogens is 919 g/mol. The van der Waals surface area contributed by atoms with Gasteiger partial charge in [-0.1, -0.05) is 256 Å². The van der Waals surface area contributed by atoms with Crippen molar-refractivity contribution in [3.05, 3.63) is 36.5 Å². The molecule has 1 aliphatic heterocycles. The number of carbonyl (C=O) groups is 1. The molecule has 0 radical (unpaired) electrons. The van der Waals surface area contributed by atoms with E-state index < -0.39 is 74.2 Å². The number of amides is 1. The summed E-state index contributed by atoms with van der Waals surface area (Å²) in [5.41, 5.74) is 0. The largest absolute Gasteiger partial charge is 0.394 e. The molecule has 430 valence electrons. The van der Waals surface area contributed by atoms with E-state index in [1.54, 1.807) is 0 Å². The quantitative estimate of drug-likeness (QED) is 0.0215. The Morgan fingerprint density at radius 2 is 0.890 bits per heavy atom. The fourth-order valence-electron chi connectivity index (χ4n) is 9.95. The Morgan fingerprint density at radius 1 is 0.493 bits per heavy atom. The van der Waals surface area contributed by atoms with Gasteiger partial charge in [0, 0.05) is 0 Å². The Morgan fingerprint density at radius 3 is 1.33 bits per heavy atom. The fourth-order valence-corrected chi connectivity index (χ4v) is 9.95. The van der Waals surface area contributed by atoms with Crippen LogP contribution in [0.2, 0.25) is 0 Å². The molecule has 1 heterocycles. The molecule has 1 aliphatic rings. The van der Waals surface area contributed by atoms with Crippen molar-refractivity contribution in [1.29, 1.82) is 0 Å². The van der Waals surface area contributed by atoms with Gasteiger partial charge in [0.05, 0.1) is 25.4 Å². The number of aliphatic hydroxyl groups excluding tert-OH is 7. The van der Waals surface area contributed by atoms with Gasteiger partial charge in [-0.2, -0.15) is 0 Å². The Labute approximate surface area is 447 Å². The summed E-state index contributed by atoms with van der Waals surface area (Å²) in [6, 6.07) is -1.19. The van der Waals surface area contributed by atoms with Gasteiger partial charge in [-0.15, -0.1) is 0 Å². The molecular formula is C62H117NO10. The molecule has 0 aromatic heterocycles. The van der Waals surface area contributed by atoms with Crippen LogP contribution in [0.4, 0.5) is 0 Å². The van der Waals surface area contributed by atoms with E-state index in [0.717, 1.165) is 51.4 Å². The van der Waals surface area contributed by atoms with Crippen molar-refractivity contribution in [2.24, 2.45) is 0 Å². The van der Waals surface area contributed by atoms with Crippen LogP contribution < -0.4 is 5.32 Å². The second kappa shape index (κ2) is 51.1. The highest BCUT2D eigenvalue weighted by molar-refractivity contribution is 5.80. The number of hydrogen-bond acceptors (Lipinski definition) is 10. The molecule has 9 atom stereocenters. The van der Waals surface area contributed by atoms with Gasteiger partial charge in [0.15, 0.2) is 6.29 Å². The van der Waals surface area contributed by atoms with Gasteiger partial charge < -0.3 is 50.5 Å². The predicted molar refractivity (Wildman–Crippen MR) is 302 cm³/mol. The van der Waals surface area contributed by atoms with E-state index in [1.165, 1.54) is 193 Å². The summed E-state index contributed by atoms with van der Waals surface area (Å²) >= 11 is 0. The first-order valence-electron chi connectivity index (χ1n) is 30.9. The summed E-state index contributed by atoms with van der Waals surface area (Å²) in [5, 5.41) is 76.2. The number of hydrogen-bond donors (Lipinski definition) is 8. The average molecular weight is 1040 g/mol. The van der Waals surface area contributed by atoms with Crippen molar-refractivity contribution in [2.45, 2.75) is 339 Å². The summed E-state index contributed by atoms with van der Waals surface area (Å²) < 4.78 is 11.2. The molecule has 0 aromatic rings. The second-order valence-corrected chi connectivity index (χ2v) is 21.7. The molecule has 0 bridgehead atoms. The molecule has 0 saturated carbocycles. The third kappa shape index (κ3) is 39.4. The van der Waals surface area contributed by atoms with Gasteiger partial charge in [0.1, 0.15) is 36.6 Å². The van der Waals surface area contributed by atoms with Gasteiger partial charge >= 0.3 is 0 Å². The van der Waals surface area contributed by atoms with Crippen molar-refractivity contribution >= 4 is 5.91 Å². The van der Waals surface area contributed by atoms with E-state index in [2.05, 4.69) is 55.6 Å². The Kier molecular flexibility index (Phi) is 48.5. The molecule has 11 heteroatoms.